The fourth-order valence-electron chi connectivity index (χ4n) is 3.07. The van der Waals surface area contributed by atoms with Crippen LogP contribution in [0.15, 0.2) is 36.9 Å². The molecule has 0 N–H and O–H groups in total. The first-order chi connectivity index (χ1) is 13.4. The van der Waals surface area contributed by atoms with Crippen LogP contribution in [-0.4, -0.2) is 42.3 Å². The van der Waals surface area contributed by atoms with Gasteiger partial charge in [-0.05, 0) is 12.1 Å². The number of rotatable bonds is 2. The summed E-state index contributed by atoms with van der Waals surface area (Å²) in [5, 5.41) is 7.56. The third-order valence-electron chi connectivity index (χ3n) is 4.42. The number of hydrogen-bond donors (Lipinski definition) is 0. The summed E-state index contributed by atoms with van der Waals surface area (Å²) in [4.78, 5) is 22.1. The quantitative estimate of drug-likeness (QED) is 0.651. The highest BCUT2D eigenvalue weighted by molar-refractivity contribution is 6.34. The number of aromatic nitrogens is 5. The average molecular weight is 409 g/mol. The van der Waals surface area contributed by atoms with Crippen molar-refractivity contribution in [2.24, 2.45) is 0 Å². The van der Waals surface area contributed by atoms with Crippen molar-refractivity contribution < 1.29 is 18.0 Å². The summed E-state index contributed by atoms with van der Waals surface area (Å²) in [5.74, 6) is -0.584. The molecule has 1 aliphatic rings. The minimum absolute atomic E-state index is 0.119. The van der Waals surface area contributed by atoms with Gasteiger partial charge in [0.1, 0.15) is 17.7 Å². The van der Waals surface area contributed by atoms with E-state index in [2.05, 4.69) is 20.3 Å². The fraction of sp³-hybridized carbons (Fsp3) is 0.235. The maximum absolute atomic E-state index is 13.1. The van der Waals surface area contributed by atoms with Crippen molar-refractivity contribution in [3.63, 3.8) is 0 Å². The number of hydrogen-bond acceptors (Lipinski definition) is 5. The van der Waals surface area contributed by atoms with Gasteiger partial charge in [0, 0.05) is 13.0 Å². The maximum Gasteiger partial charge on any atom is 0.417 e. The molecule has 0 saturated heterocycles. The van der Waals surface area contributed by atoms with E-state index in [-0.39, 0.29) is 12.1 Å². The van der Waals surface area contributed by atoms with Gasteiger partial charge in [0.05, 0.1) is 40.8 Å². The van der Waals surface area contributed by atoms with E-state index in [1.807, 2.05) is 0 Å². The second-order valence-electron chi connectivity index (χ2n) is 6.13. The zero-order valence-electron chi connectivity index (χ0n) is 14.2. The number of nitrogens with zero attached hydrogens (tertiary/aromatic N) is 6. The number of carbonyl (C=O) groups is 1. The molecular weight excluding hydrogens is 397 g/mol. The van der Waals surface area contributed by atoms with Crippen LogP contribution in [0.4, 0.5) is 13.2 Å². The van der Waals surface area contributed by atoms with Crippen molar-refractivity contribution in [3.8, 4) is 5.69 Å². The number of carbonyl (C=O) groups excluding carboxylic acids is 1. The highest BCUT2D eigenvalue weighted by Gasteiger charge is 2.36. The van der Waals surface area contributed by atoms with Crippen molar-refractivity contribution in [1.29, 1.82) is 0 Å². The first-order valence-corrected chi connectivity index (χ1v) is 8.58. The maximum atomic E-state index is 13.1. The standard InChI is InChI=1S/C17H12ClF3N6O/c18-15-11(2-1-3-12(15)17(19,20)21)16(28)26-5-4-14-13(8-26)24-25-27(14)10-6-22-9-23-7-10/h1-3,6-7,9H,4-5,8H2. The lowest BCUT2D eigenvalue weighted by molar-refractivity contribution is -0.137. The monoisotopic (exact) mass is 408 g/mol. The first kappa shape index (κ1) is 18.4. The largest absolute Gasteiger partial charge is 0.417 e. The Labute approximate surface area is 161 Å². The van der Waals surface area contributed by atoms with Gasteiger partial charge in [-0.15, -0.1) is 5.10 Å². The van der Waals surface area contributed by atoms with Gasteiger partial charge in [0.15, 0.2) is 0 Å². The molecule has 1 amide bonds. The number of benzene rings is 1. The molecule has 0 bridgehead atoms. The van der Waals surface area contributed by atoms with Gasteiger partial charge in [0.2, 0.25) is 0 Å². The molecule has 1 aromatic carbocycles. The van der Waals surface area contributed by atoms with Gasteiger partial charge in [-0.25, -0.2) is 14.6 Å². The number of amides is 1. The van der Waals surface area contributed by atoms with E-state index in [4.69, 9.17) is 11.6 Å². The van der Waals surface area contributed by atoms with Crippen LogP contribution in [-0.2, 0) is 19.1 Å². The zero-order valence-corrected chi connectivity index (χ0v) is 14.9. The second kappa shape index (κ2) is 6.86. The summed E-state index contributed by atoms with van der Waals surface area (Å²) >= 11 is 5.88. The Morgan fingerprint density at radius 3 is 2.64 bits per heavy atom. The Morgan fingerprint density at radius 1 is 1.18 bits per heavy atom. The van der Waals surface area contributed by atoms with E-state index in [0.717, 1.165) is 11.8 Å². The molecule has 28 heavy (non-hydrogen) atoms. The third kappa shape index (κ3) is 3.19. The van der Waals surface area contributed by atoms with E-state index < -0.39 is 22.7 Å². The molecule has 0 atom stereocenters. The smallest absolute Gasteiger partial charge is 0.332 e. The molecule has 3 aromatic rings. The van der Waals surface area contributed by atoms with E-state index in [1.54, 1.807) is 17.1 Å². The lowest BCUT2D eigenvalue weighted by Gasteiger charge is -2.27. The average Bonchev–Trinajstić information content (AvgIpc) is 3.10. The van der Waals surface area contributed by atoms with Crippen molar-refractivity contribution in [2.45, 2.75) is 19.1 Å². The molecule has 2 aromatic heterocycles. The van der Waals surface area contributed by atoms with Crippen LogP contribution in [0.25, 0.3) is 5.69 Å². The molecular formula is C17H12ClF3N6O. The summed E-state index contributed by atoms with van der Waals surface area (Å²) in [6.45, 7) is 0.411. The lowest BCUT2D eigenvalue weighted by atomic mass is 10.1. The summed E-state index contributed by atoms with van der Waals surface area (Å²) in [5.41, 5.74) is 0.772. The van der Waals surface area contributed by atoms with Gasteiger partial charge in [-0.3, -0.25) is 4.79 Å². The van der Waals surface area contributed by atoms with Crippen molar-refractivity contribution >= 4 is 17.5 Å². The Morgan fingerprint density at radius 2 is 1.93 bits per heavy atom. The Bertz CT molecular complexity index is 1040. The lowest BCUT2D eigenvalue weighted by Crippen LogP contribution is -2.36. The van der Waals surface area contributed by atoms with Crippen LogP contribution in [0.1, 0.15) is 27.3 Å². The molecule has 3 heterocycles. The first-order valence-electron chi connectivity index (χ1n) is 8.20. The number of halogens is 4. The topological polar surface area (TPSA) is 76.8 Å². The normalized spacial score (nSPS) is 14.1. The van der Waals surface area contributed by atoms with Crippen LogP contribution in [0, 0.1) is 0 Å². The summed E-state index contributed by atoms with van der Waals surface area (Å²) in [6.07, 6.45) is 0.359. The van der Waals surface area contributed by atoms with Crippen molar-refractivity contribution in [2.75, 3.05) is 6.54 Å². The predicted molar refractivity (Wildman–Crippen MR) is 91.8 cm³/mol. The molecule has 0 saturated carbocycles. The van der Waals surface area contributed by atoms with Crippen LogP contribution in [0.2, 0.25) is 5.02 Å². The fourth-order valence-corrected chi connectivity index (χ4v) is 3.39. The summed E-state index contributed by atoms with van der Waals surface area (Å²) < 4.78 is 40.8. The Balaban J connectivity index is 1.61. The van der Waals surface area contributed by atoms with E-state index in [9.17, 15) is 18.0 Å². The molecule has 0 spiro atoms. The predicted octanol–water partition coefficient (Wildman–Crippen LogP) is 2.93. The van der Waals surface area contributed by atoms with Gasteiger partial charge in [0.25, 0.3) is 5.91 Å². The summed E-state index contributed by atoms with van der Waals surface area (Å²) in [6, 6.07) is 3.30. The highest BCUT2D eigenvalue weighted by atomic mass is 35.5. The molecule has 0 fully saturated rings. The Kier molecular flexibility index (Phi) is 4.50. The highest BCUT2D eigenvalue weighted by Crippen LogP contribution is 2.36. The van der Waals surface area contributed by atoms with Crippen LogP contribution in [0.3, 0.4) is 0 Å². The molecule has 11 heteroatoms. The molecule has 0 unspecified atom stereocenters. The molecule has 7 nitrogen and oxygen atoms in total. The van der Waals surface area contributed by atoms with E-state index in [0.29, 0.717) is 24.3 Å². The Hall–Kier alpha value is -3.01. The molecule has 4 rings (SSSR count). The number of fused-ring (bicyclic) bond motifs is 1. The van der Waals surface area contributed by atoms with Gasteiger partial charge in [-0.1, -0.05) is 22.9 Å². The summed E-state index contributed by atoms with van der Waals surface area (Å²) in [7, 11) is 0. The second-order valence-corrected chi connectivity index (χ2v) is 6.51. The SMILES string of the molecule is O=C(c1cccc(C(F)(F)F)c1Cl)N1CCc2c(nnn2-c2cncnc2)C1. The van der Waals surface area contributed by atoms with E-state index >= 15 is 0 Å². The molecule has 144 valence electrons. The molecule has 0 radical (unpaired) electrons. The van der Waals surface area contributed by atoms with Crippen LogP contribution < -0.4 is 0 Å². The van der Waals surface area contributed by atoms with E-state index in [1.165, 1.54) is 23.4 Å². The minimum atomic E-state index is -4.64. The zero-order chi connectivity index (χ0) is 19.9. The van der Waals surface area contributed by atoms with Crippen LogP contribution in [0.5, 0.6) is 0 Å². The van der Waals surface area contributed by atoms with Crippen molar-refractivity contribution in [1.82, 2.24) is 29.9 Å². The number of alkyl halides is 3. The third-order valence-corrected chi connectivity index (χ3v) is 4.82. The van der Waals surface area contributed by atoms with Gasteiger partial charge in [-0.2, -0.15) is 13.2 Å². The van der Waals surface area contributed by atoms with Gasteiger partial charge < -0.3 is 4.90 Å². The van der Waals surface area contributed by atoms with Gasteiger partial charge >= 0.3 is 6.18 Å². The van der Waals surface area contributed by atoms with Crippen LogP contribution >= 0.6 is 11.6 Å². The molecule has 0 aliphatic carbocycles. The van der Waals surface area contributed by atoms with Crippen molar-refractivity contribution in [3.05, 3.63) is 64.5 Å². The minimum Gasteiger partial charge on any atom is -0.332 e. The molecule has 1 aliphatic heterocycles.